The number of nitrogens with zero attached hydrogens (tertiary/aromatic N) is 1. The van der Waals surface area contributed by atoms with Crippen molar-refractivity contribution < 1.29 is 18.8 Å². The van der Waals surface area contributed by atoms with Gasteiger partial charge in [-0.2, -0.15) is 5.10 Å². The molecule has 0 spiro atoms. The number of furan rings is 1. The van der Waals surface area contributed by atoms with Gasteiger partial charge in [-0.3, -0.25) is 25.2 Å². The van der Waals surface area contributed by atoms with E-state index in [-0.39, 0.29) is 11.7 Å². The number of amides is 3. The molecule has 0 bridgehead atoms. The largest absolute Gasteiger partial charge is 0.455 e. The molecule has 0 saturated heterocycles. The minimum atomic E-state index is -0.565. The lowest BCUT2D eigenvalue weighted by atomic mass is 9.93. The molecule has 0 unspecified atom stereocenters. The maximum Gasteiger partial charge on any atom is 0.305 e. The Labute approximate surface area is 196 Å². The molecule has 0 fully saturated rings. The SMILES string of the molecule is Cc1c(C(=O)NNC(=O)c2ccc(Br)cc2)oc2c1/C(=N/NC(=O)c1cccs1)CCC2. The second-order valence-electron chi connectivity index (χ2n) is 7.10. The summed E-state index contributed by atoms with van der Waals surface area (Å²) in [5, 5.41) is 6.11. The highest BCUT2D eigenvalue weighted by atomic mass is 79.9. The highest BCUT2D eigenvalue weighted by molar-refractivity contribution is 9.10. The number of hydrogen-bond donors (Lipinski definition) is 3. The molecule has 0 aliphatic heterocycles. The summed E-state index contributed by atoms with van der Waals surface area (Å²) < 4.78 is 6.65. The van der Waals surface area contributed by atoms with Crippen LogP contribution in [0.2, 0.25) is 0 Å². The maximum absolute atomic E-state index is 12.7. The van der Waals surface area contributed by atoms with Crippen molar-refractivity contribution in [2.45, 2.75) is 26.2 Å². The van der Waals surface area contributed by atoms with Crippen molar-refractivity contribution in [3.63, 3.8) is 0 Å². The van der Waals surface area contributed by atoms with Crippen LogP contribution in [0.1, 0.15) is 60.3 Å². The van der Waals surface area contributed by atoms with Gasteiger partial charge in [-0.05, 0) is 55.5 Å². The normalized spacial score (nSPS) is 14.0. The van der Waals surface area contributed by atoms with E-state index in [0.717, 1.165) is 16.5 Å². The van der Waals surface area contributed by atoms with Crippen molar-refractivity contribution in [3.8, 4) is 0 Å². The molecule has 2 aromatic heterocycles. The van der Waals surface area contributed by atoms with Gasteiger partial charge in [-0.25, -0.2) is 5.43 Å². The highest BCUT2D eigenvalue weighted by Gasteiger charge is 2.28. The molecule has 32 heavy (non-hydrogen) atoms. The minimum absolute atomic E-state index is 0.102. The van der Waals surface area contributed by atoms with Gasteiger partial charge in [0.1, 0.15) is 5.76 Å². The zero-order chi connectivity index (χ0) is 22.7. The van der Waals surface area contributed by atoms with E-state index in [4.69, 9.17) is 4.42 Å². The van der Waals surface area contributed by atoms with E-state index in [0.29, 0.717) is 40.3 Å². The van der Waals surface area contributed by atoms with Crippen molar-refractivity contribution in [1.82, 2.24) is 16.3 Å². The average molecular weight is 515 g/mol. The molecule has 4 rings (SSSR count). The molecule has 3 amide bonds. The molecule has 0 atom stereocenters. The quantitative estimate of drug-likeness (QED) is 0.457. The van der Waals surface area contributed by atoms with E-state index >= 15 is 0 Å². The minimum Gasteiger partial charge on any atom is -0.455 e. The van der Waals surface area contributed by atoms with E-state index in [2.05, 4.69) is 37.3 Å². The smallest absolute Gasteiger partial charge is 0.305 e. The number of nitrogens with one attached hydrogen (secondary N) is 3. The lowest BCUT2D eigenvalue weighted by Crippen LogP contribution is -2.41. The Balaban J connectivity index is 1.47. The first kappa shape index (κ1) is 22.0. The third-order valence-electron chi connectivity index (χ3n) is 4.97. The van der Waals surface area contributed by atoms with Crippen molar-refractivity contribution >= 4 is 50.7 Å². The second-order valence-corrected chi connectivity index (χ2v) is 8.96. The fourth-order valence-corrected chi connectivity index (χ4v) is 4.30. The number of fused-ring (bicyclic) bond motifs is 1. The Bertz CT molecular complexity index is 1200. The van der Waals surface area contributed by atoms with E-state index in [9.17, 15) is 14.4 Å². The fraction of sp³-hybridized carbons (Fsp3) is 0.182. The van der Waals surface area contributed by atoms with Crippen LogP contribution in [0.4, 0.5) is 0 Å². The predicted molar refractivity (Wildman–Crippen MR) is 124 cm³/mol. The van der Waals surface area contributed by atoms with Gasteiger partial charge in [-0.1, -0.05) is 22.0 Å². The monoisotopic (exact) mass is 514 g/mol. The lowest BCUT2D eigenvalue weighted by Gasteiger charge is -2.13. The van der Waals surface area contributed by atoms with Crippen molar-refractivity contribution in [2.24, 2.45) is 5.10 Å². The molecular weight excluding hydrogens is 496 g/mol. The van der Waals surface area contributed by atoms with Crippen LogP contribution in [0.5, 0.6) is 0 Å². The number of hydrazone groups is 1. The molecule has 0 radical (unpaired) electrons. The average Bonchev–Trinajstić information content (AvgIpc) is 3.45. The first-order valence-corrected chi connectivity index (χ1v) is 11.5. The summed E-state index contributed by atoms with van der Waals surface area (Å²) in [5.41, 5.74) is 9.77. The summed E-state index contributed by atoms with van der Waals surface area (Å²) in [7, 11) is 0. The van der Waals surface area contributed by atoms with Gasteiger partial charge >= 0.3 is 5.91 Å². The van der Waals surface area contributed by atoms with Gasteiger partial charge < -0.3 is 4.42 Å². The highest BCUT2D eigenvalue weighted by Crippen LogP contribution is 2.29. The summed E-state index contributed by atoms with van der Waals surface area (Å²) in [6.07, 6.45) is 2.10. The molecule has 164 valence electrons. The van der Waals surface area contributed by atoms with Crippen LogP contribution in [0.3, 0.4) is 0 Å². The van der Waals surface area contributed by atoms with E-state index < -0.39 is 11.8 Å². The summed E-state index contributed by atoms with van der Waals surface area (Å²) in [6, 6.07) is 10.3. The molecular formula is C22H19BrN4O4S. The summed E-state index contributed by atoms with van der Waals surface area (Å²) in [5.74, 6) is -0.551. The van der Waals surface area contributed by atoms with E-state index in [1.807, 2.05) is 5.38 Å². The fourth-order valence-electron chi connectivity index (χ4n) is 3.42. The van der Waals surface area contributed by atoms with Gasteiger partial charge in [0, 0.05) is 27.6 Å². The van der Waals surface area contributed by atoms with Crippen LogP contribution in [-0.2, 0) is 6.42 Å². The van der Waals surface area contributed by atoms with Gasteiger partial charge in [0.2, 0.25) is 0 Å². The summed E-state index contributed by atoms with van der Waals surface area (Å²) in [6.45, 7) is 1.76. The number of aryl methyl sites for hydroxylation is 1. The Hall–Kier alpha value is -3.24. The number of thiophene rings is 1. The summed E-state index contributed by atoms with van der Waals surface area (Å²) >= 11 is 4.64. The third kappa shape index (κ3) is 4.66. The zero-order valence-electron chi connectivity index (χ0n) is 17.0. The van der Waals surface area contributed by atoms with Crippen molar-refractivity contribution in [3.05, 3.63) is 79.3 Å². The zero-order valence-corrected chi connectivity index (χ0v) is 19.4. The number of hydrogen-bond acceptors (Lipinski definition) is 6. The molecule has 1 aliphatic rings. The third-order valence-corrected chi connectivity index (χ3v) is 6.36. The number of rotatable bonds is 4. The van der Waals surface area contributed by atoms with E-state index in [1.54, 1.807) is 43.3 Å². The Morgan fingerprint density at radius 1 is 1.03 bits per heavy atom. The van der Waals surface area contributed by atoms with Gasteiger partial charge in [0.15, 0.2) is 5.76 Å². The number of benzene rings is 1. The van der Waals surface area contributed by atoms with Crippen LogP contribution in [0.15, 0.2) is 55.8 Å². The van der Waals surface area contributed by atoms with Gasteiger partial charge in [0.25, 0.3) is 11.8 Å². The van der Waals surface area contributed by atoms with Crippen LogP contribution in [0.25, 0.3) is 0 Å². The van der Waals surface area contributed by atoms with Crippen LogP contribution in [0, 0.1) is 6.92 Å². The standard InChI is InChI=1S/C22H19BrN4O4S/c1-12-18-15(24-26-21(29)17-6-3-11-32-17)4-2-5-16(18)31-19(12)22(30)27-25-20(28)13-7-9-14(23)10-8-13/h3,6-11H,2,4-5H2,1H3,(H,25,28)(H,26,29)(H,27,30)/b24-15+. The summed E-state index contributed by atoms with van der Waals surface area (Å²) in [4.78, 5) is 37.7. The molecule has 2 heterocycles. The van der Waals surface area contributed by atoms with Crippen LogP contribution in [-0.4, -0.2) is 23.4 Å². The Kier molecular flexibility index (Phi) is 6.52. The maximum atomic E-state index is 12.7. The Morgan fingerprint density at radius 3 is 2.50 bits per heavy atom. The van der Waals surface area contributed by atoms with Crippen LogP contribution < -0.4 is 16.3 Å². The van der Waals surface area contributed by atoms with Gasteiger partial charge in [0.05, 0.1) is 10.6 Å². The lowest BCUT2D eigenvalue weighted by molar-refractivity contribution is 0.0829. The molecule has 3 aromatic rings. The van der Waals surface area contributed by atoms with E-state index in [1.165, 1.54) is 11.3 Å². The molecule has 3 N–H and O–H groups in total. The van der Waals surface area contributed by atoms with Crippen molar-refractivity contribution in [1.29, 1.82) is 0 Å². The number of carbonyl (C=O) groups excluding carboxylic acids is 3. The molecule has 0 saturated carbocycles. The predicted octanol–water partition coefficient (Wildman–Crippen LogP) is 3.96. The molecule has 10 heteroatoms. The number of hydrazine groups is 1. The van der Waals surface area contributed by atoms with Gasteiger partial charge in [-0.15, -0.1) is 11.3 Å². The second kappa shape index (κ2) is 9.49. The number of halogens is 1. The van der Waals surface area contributed by atoms with Crippen molar-refractivity contribution in [2.75, 3.05) is 0 Å². The first-order chi connectivity index (χ1) is 15.4. The molecule has 8 nitrogen and oxygen atoms in total. The van der Waals surface area contributed by atoms with Crippen LogP contribution >= 0.6 is 27.3 Å². The Morgan fingerprint density at radius 2 is 1.78 bits per heavy atom. The number of carbonyl (C=O) groups is 3. The topological polar surface area (TPSA) is 113 Å². The first-order valence-electron chi connectivity index (χ1n) is 9.83. The molecule has 1 aliphatic carbocycles. The molecule has 1 aromatic carbocycles.